The van der Waals surface area contributed by atoms with Crippen LogP contribution in [0.1, 0.15) is 11.1 Å². The first-order valence-electron chi connectivity index (χ1n) is 7.06. The minimum atomic E-state index is -2.10. The van der Waals surface area contributed by atoms with Crippen LogP contribution in [-0.2, 0) is 5.72 Å². The molecule has 1 aliphatic carbocycles. The van der Waals surface area contributed by atoms with Gasteiger partial charge in [0, 0.05) is 25.2 Å². The van der Waals surface area contributed by atoms with Crippen molar-refractivity contribution in [3.63, 3.8) is 0 Å². The van der Waals surface area contributed by atoms with E-state index in [1.165, 1.54) is 14.1 Å². The van der Waals surface area contributed by atoms with E-state index in [1.807, 2.05) is 0 Å². The Bertz CT molecular complexity index is 819. The van der Waals surface area contributed by atoms with Gasteiger partial charge in [0.05, 0.1) is 0 Å². The van der Waals surface area contributed by atoms with Crippen molar-refractivity contribution in [3.05, 3.63) is 45.5 Å². The number of hydrogen-bond acceptors (Lipinski definition) is 7. The van der Waals surface area contributed by atoms with Crippen LogP contribution in [0.4, 0.5) is 4.79 Å². The van der Waals surface area contributed by atoms with Crippen LogP contribution in [-0.4, -0.2) is 67.8 Å². The number of likely N-dealkylation sites (N-methyl/N-ethyl adjacent to an activating group) is 2. The largest absolute Gasteiger partial charge is 0.369 e. The molecule has 2 aliphatic rings. The summed E-state index contributed by atoms with van der Waals surface area (Å²) < 4.78 is 0. The maximum absolute atomic E-state index is 12.2. The molecule has 1 fully saturated rings. The molecular formula is C13H17N7O6. The highest BCUT2D eigenvalue weighted by atomic mass is 16.9. The van der Waals surface area contributed by atoms with Crippen LogP contribution >= 0.6 is 0 Å². The number of carbonyl (C=O) groups excluding carboxylic acids is 1. The van der Waals surface area contributed by atoms with E-state index in [0.717, 1.165) is 9.80 Å². The predicted octanol–water partition coefficient (Wildman–Crippen LogP) is -1.84. The molecule has 3 rings (SSSR count). The number of urea groups is 1. The van der Waals surface area contributed by atoms with Gasteiger partial charge in [-0.25, -0.2) is 4.79 Å². The molecule has 13 heteroatoms. The molecule has 0 spiro atoms. The molecule has 7 N–H and O–H groups in total. The van der Waals surface area contributed by atoms with Crippen molar-refractivity contribution in [2.24, 2.45) is 21.7 Å². The molecule has 1 aromatic carbocycles. The second kappa shape index (κ2) is 6.12. The highest BCUT2D eigenvalue weighted by molar-refractivity contribution is 6.14. The minimum absolute atomic E-state index is 0.000741. The first-order chi connectivity index (χ1) is 12.0. The zero-order valence-electron chi connectivity index (χ0n) is 13.8. The second-order valence-corrected chi connectivity index (χ2v) is 5.50. The van der Waals surface area contributed by atoms with E-state index in [-0.39, 0.29) is 11.7 Å². The van der Waals surface area contributed by atoms with Gasteiger partial charge in [-0.05, 0) is 0 Å². The Hall–Kier alpha value is -3.45. The smallest absolute Gasteiger partial charge is 0.324 e. The van der Waals surface area contributed by atoms with Gasteiger partial charge in [0.1, 0.15) is 5.71 Å². The zero-order chi connectivity index (χ0) is 19.9. The van der Waals surface area contributed by atoms with Gasteiger partial charge in [0.2, 0.25) is 17.4 Å². The number of fused-ring (bicyclic) bond motifs is 3. The van der Waals surface area contributed by atoms with Crippen molar-refractivity contribution in [1.82, 2.24) is 9.80 Å². The van der Waals surface area contributed by atoms with Crippen molar-refractivity contribution in [2.45, 2.75) is 11.4 Å². The van der Waals surface area contributed by atoms with Gasteiger partial charge in [0.25, 0.3) is 5.09 Å². The van der Waals surface area contributed by atoms with E-state index >= 15 is 0 Å². The van der Waals surface area contributed by atoms with Crippen molar-refractivity contribution < 1.29 is 25.3 Å². The number of amides is 2. The number of aliphatic hydroxyl groups is 2. The lowest BCUT2D eigenvalue weighted by molar-refractivity contribution is -0.742. The summed E-state index contributed by atoms with van der Waals surface area (Å²) in [6.45, 7) is 0. The number of rotatable bonds is 1. The lowest BCUT2D eigenvalue weighted by atomic mass is 9.99. The van der Waals surface area contributed by atoms with E-state index in [4.69, 9.17) is 26.8 Å². The van der Waals surface area contributed by atoms with Crippen molar-refractivity contribution in [3.8, 4) is 0 Å². The number of benzene rings is 1. The zero-order valence-corrected chi connectivity index (χ0v) is 13.8. The molecule has 0 radical (unpaired) electrons. The van der Waals surface area contributed by atoms with Gasteiger partial charge in [-0.15, -0.1) is 20.3 Å². The van der Waals surface area contributed by atoms with E-state index < -0.39 is 22.6 Å². The Labute approximate surface area is 146 Å². The summed E-state index contributed by atoms with van der Waals surface area (Å²) in [6, 6.07) is 6.13. The molecule has 2 amide bonds. The van der Waals surface area contributed by atoms with Crippen LogP contribution in [0.25, 0.3) is 0 Å². The molecule has 1 aromatic rings. The summed E-state index contributed by atoms with van der Waals surface area (Å²) in [5.74, 6) is -0.302. The van der Waals surface area contributed by atoms with Gasteiger partial charge in [0.15, 0.2) is 0 Å². The Morgan fingerprint density at radius 1 is 1.19 bits per heavy atom. The van der Waals surface area contributed by atoms with Crippen LogP contribution in [0.2, 0.25) is 0 Å². The fraction of sp³-hybridized carbons (Fsp3) is 0.308. The van der Waals surface area contributed by atoms with Crippen molar-refractivity contribution in [2.75, 3.05) is 14.1 Å². The first kappa shape index (κ1) is 18.9. The topological polar surface area (TPSA) is 204 Å². The minimum Gasteiger partial charge on any atom is -0.369 e. The fourth-order valence-corrected chi connectivity index (χ4v) is 3.07. The average Bonchev–Trinajstić information content (AvgIpc) is 2.84. The number of hydrogen-bond donors (Lipinski definition) is 5. The summed E-state index contributed by atoms with van der Waals surface area (Å²) in [5, 5.41) is 43.3. The molecule has 2 unspecified atom stereocenters. The van der Waals surface area contributed by atoms with E-state index in [1.54, 1.807) is 24.3 Å². The third-order valence-corrected chi connectivity index (χ3v) is 4.18. The van der Waals surface area contributed by atoms with Gasteiger partial charge in [-0.3, -0.25) is 9.80 Å². The third-order valence-electron chi connectivity index (χ3n) is 4.18. The van der Waals surface area contributed by atoms with Crippen LogP contribution in [0, 0.1) is 10.1 Å². The number of nitrogens with zero attached hydrogens (tertiary/aromatic N) is 5. The van der Waals surface area contributed by atoms with E-state index in [9.17, 15) is 15.0 Å². The predicted molar refractivity (Wildman–Crippen MR) is 87.3 cm³/mol. The van der Waals surface area contributed by atoms with Crippen LogP contribution in [0.3, 0.4) is 0 Å². The Kier molecular flexibility index (Phi) is 4.45. The highest BCUT2D eigenvalue weighted by Crippen LogP contribution is 2.52. The molecule has 140 valence electrons. The number of carbonyl (C=O) groups is 1. The highest BCUT2D eigenvalue weighted by Gasteiger charge is 2.72. The summed E-state index contributed by atoms with van der Waals surface area (Å²) in [7, 11) is 2.77. The molecule has 2 atom stereocenters. The molecule has 0 aromatic heterocycles. The SMILES string of the molecule is CN1C(=O)N(C)C2(O)c3ccccc3/C(=N\N=C(N)N)C12O.O=[N+]([O-])O. The lowest BCUT2D eigenvalue weighted by Crippen LogP contribution is -2.59. The van der Waals surface area contributed by atoms with E-state index in [2.05, 4.69) is 10.2 Å². The number of guanidine groups is 1. The van der Waals surface area contributed by atoms with Crippen molar-refractivity contribution in [1.29, 1.82) is 0 Å². The molecule has 1 heterocycles. The lowest BCUT2D eigenvalue weighted by Gasteiger charge is -2.35. The maximum atomic E-state index is 12.2. The summed E-state index contributed by atoms with van der Waals surface area (Å²) in [4.78, 5) is 22.6. The maximum Gasteiger partial charge on any atom is 0.324 e. The molecule has 1 aliphatic heterocycles. The van der Waals surface area contributed by atoms with Crippen molar-refractivity contribution >= 4 is 17.7 Å². The van der Waals surface area contributed by atoms with Gasteiger partial charge < -0.3 is 26.9 Å². The van der Waals surface area contributed by atoms with E-state index in [0.29, 0.717) is 11.1 Å². The van der Waals surface area contributed by atoms with Crippen LogP contribution < -0.4 is 11.5 Å². The Balaban J connectivity index is 0.000000552. The second-order valence-electron chi connectivity index (χ2n) is 5.50. The van der Waals surface area contributed by atoms with Gasteiger partial charge in [-0.2, -0.15) is 0 Å². The Morgan fingerprint density at radius 3 is 2.23 bits per heavy atom. The summed E-state index contributed by atoms with van der Waals surface area (Å²) >= 11 is 0. The van der Waals surface area contributed by atoms with Gasteiger partial charge in [-0.1, -0.05) is 24.3 Å². The molecule has 0 bridgehead atoms. The molecule has 13 nitrogen and oxygen atoms in total. The quantitative estimate of drug-likeness (QED) is 0.165. The monoisotopic (exact) mass is 367 g/mol. The molecule has 26 heavy (non-hydrogen) atoms. The van der Waals surface area contributed by atoms with Crippen LogP contribution in [0.15, 0.2) is 34.5 Å². The standard InChI is InChI=1S/C13H16N6O3.HNO3/c1-18-11(20)19(2)13(22)9(16-17-10(14)15)7-5-3-4-6-8(7)12(13,18)21;2-1(3)4/h3-6,21-22H,1-2H3,(H4,14,15,17);(H,2,3,4)/b16-9+;. The van der Waals surface area contributed by atoms with Crippen LogP contribution in [0.5, 0.6) is 0 Å². The molecular weight excluding hydrogens is 350 g/mol. The molecule has 1 saturated heterocycles. The summed E-state index contributed by atoms with van der Waals surface area (Å²) in [6.07, 6.45) is 0. The summed E-state index contributed by atoms with van der Waals surface area (Å²) in [5.41, 5.74) is 7.29. The normalized spacial score (nSPS) is 27.5. The fourth-order valence-electron chi connectivity index (χ4n) is 3.07. The average molecular weight is 367 g/mol. The molecule has 0 saturated carbocycles. The van der Waals surface area contributed by atoms with Gasteiger partial charge >= 0.3 is 6.03 Å². The Morgan fingerprint density at radius 2 is 1.69 bits per heavy atom. The first-order valence-corrected chi connectivity index (χ1v) is 7.06. The third kappa shape index (κ3) is 2.37. The number of nitrogens with two attached hydrogens (primary N) is 2.